The van der Waals surface area contributed by atoms with Gasteiger partial charge in [-0.1, -0.05) is 196 Å². The second-order valence-corrected chi connectivity index (χ2v) is 18.4. The third kappa shape index (κ3) is 5.98. The summed E-state index contributed by atoms with van der Waals surface area (Å²) >= 11 is 0. The molecule has 1 aliphatic heterocycles. The number of nitrogens with zero attached hydrogens (tertiary/aromatic N) is 1. The average molecular weight is 860 g/mol. The van der Waals surface area contributed by atoms with Crippen molar-refractivity contribution in [2.24, 2.45) is 0 Å². The molecule has 0 aromatic heterocycles. The summed E-state index contributed by atoms with van der Waals surface area (Å²) in [5, 5.41) is 0. The SMILES string of the molecule is CC1(C)c2ccccc2-c2cc(N(c3ccc(-c4ccccc4)cc3)c3ccc(C4(c5ccc(-c6ccccc6)cc5)c5ccccc5-c5c4ccc4c5Oc5ccccc5O4)cc3)ccc21. The molecule has 1 atom stereocenters. The Kier molecular flexibility index (Phi) is 8.78. The van der Waals surface area contributed by atoms with Crippen LogP contribution in [0.2, 0.25) is 0 Å². The van der Waals surface area contributed by atoms with Crippen molar-refractivity contribution >= 4 is 17.1 Å². The van der Waals surface area contributed by atoms with Crippen molar-refractivity contribution in [3.05, 3.63) is 270 Å². The van der Waals surface area contributed by atoms with Crippen molar-refractivity contribution in [1.29, 1.82) is 0 Å². The summed E-state index contributed by atoms with van der Waals surface area (Å²) in [6.45, 7) is 4.68. The number of rotatable bonds is 7. The predicted octanol–water partition coefficient (Wildman–Crippen LogP) is 17.1. The van der Waals surface area contributed by atoms with Crippen LogP contribution < -0.4 is 14.4 Å². The number of anilines is 3. The number of fused-ring (bicyclic) bond motifs is 9. The Bertz CT molecular complexity index is 3520. The minimum Gasteiger partial charge on any atom is -0.449 e. The smallest absolute Gasteiger partial charge is 0.178 e. The number of hydrogen-bond donors (Lipinski definition) is 0. The van der Waals surface area contributed by atoms with E-state index >= 15 is 0 Å². The highest BCUT2D eigenvalue weighted by molar-refractivity contribution is 5.93. The molecule has 0 fully saturated rings. The van der Waals surface area contributed by atoms with Crippen molar-refractivity contribution in [1.82, 2.24) is 0 Å². The summed E-state index contributed by atoms with van der Waals surface area (Å²) in [4.78, 5) is 2.41. The first-order valence-electron chi connectivity index (χ1n) is 23.2. The first-order valence-corrected chi connectivity index (χ1v) is 23.2. The summed E-state index contributed by atoms with van der Waals surface area (Å²) in [6, 6.07) is 85.7. The molecule has 0 amide bonds. The van der Waals surface area contributed by atoms with Crippen LogP contribution in [0.5, 0.6) is 23.0 Å². The minimum absolute atomic E-state index is 0.0878. The lowest BCUT2D eigenvalue weighted by atomic mass is 9.67. The summed E-state index contributed by atoms with van der Waals surface area (Å²) in [7, 11) is 0. The van der Waals surface area contributed by atoms with Crippen LogP contribution in [0.1, 0.15) is 47.2 Å². The minimum atomic E-state index is -0.681. The Labute approximate surface area is 391 Å². The second kappa shape index (κ2) is 15.1. The third-order valence-electron chi connectivity index (χ3n) is 14.4. The van der Waals surface area contributed by atoms with Gasteiger partial charge in [0.15, 0.2) is 23.0 Å². The van der Waals surface area contributed by atoms with Crippen LogP contribution in [-0.4, -0.2) is 0 Å². The Balaban J connectivity index is 0.998. The van der Waals surface area contributed by atoms with E-state index in [2.05, 4.69) is 231 Å². The zero-order valence-corrected chi connectivity index (χ0v) is 37.3. The van der Waals surface area contributed by atoms with Gasteiger partial charge in [-0.25, -0.2) is 0 Å². The number of benzene rings is 10. The Morgan fingerprint density at radius 2 is 0.791 bits per heavy atom. The van der Waals surface area contributed by atoms with Gasteiger partial charge in [-0.05, 0) is 127 Å². The molecule has 3 heteroatoms. The molecule has 0 N–H and O–H groups in total. The molecule has 10 aromatic carbocycles. The molecule has 0 radical (unpaired) electrons. The molecule has 0 saturated heterocycles. The fourth-order valence-electron chi connectivity index (χ4n) is 11.3. The van der Waals surface area contributed by atoms with Gasteiger partial charge < -0.3 is 14.4 Å². The highest BCUT2D eigenvalue weighted by Crippen LogP contribution is 2.62. The topological polar surface area (TPSA) is 21.7 Å². The molecule has 1 unspecified atom stereocenters. The predicted molar refractivity (Wildman–Crippen MR) is 273 cm³/mol. The van der Waals surface area contributed by atoms with Crippen LogP contribution >= 0.6 is 0 Å². The number of ether oxygens (including phenoxy) is 2. The molecular formula is C64H45NO2. The molecule has 0 bridgehead atoms. The van der Waals surface area contributed by atoms with Gasteiger partial charge in [0.05, 0.1) is 5.41 Å². The van der Waals surface area contributed by atoms with Crippen LogP contribution in [0.4, 0.5) is 17.1 Å². The van der Waals surface area contributed by atoms with Crippen molar-refractivity contribution in [2.45, 2.75) is 24.7 Å². The molecule has 10 aromatic rings. The molecular weight excluding hydrogens is 815 g/mol. The monoisotopic (exact) mass is 859 g/mol. The molecule has 1 heterocycles. The average Bonchev–Trinajstić information content (AvgIpc) is 3.82. The summed E-state index contributed by atoms with van der Waals surface area (Å²) in [5.41, 5.74) is 19.4. The molecule has 2 aliphatic carbocycles. The molecule has 0 saturated carbocycles. The lowest BCUT2D eigenvalue weighted by Gasteiger charge is -2.35. The zero-order chi connectivity index (χ0) is 44.7. The Morgan fingerprint density at radius 3 is 1.45 bits per heavy atom. The van der Waals surface area contributed by atoms with Crippen LogP contribution in [-0.2, 0) is 10.8 Å². The van der Waals surface area contributed by atoms with E-state index < -0.39 is 5.41 Å². The van der Waals surface area contributed by atoms with Gasteiger partial charge in [-0.3, -0.25) is 0 Å². The second-order valence-electron chi connectivity index (χ2n) is 18.4. The molecule has 67 heavy (non-hydrogen) atoms. The molecule has 318 valence electrons. The van der Waals surface area contributed by atoms with E-state index in [1.165, 1.54) is 55.6 Å². The first kappa shape index (κ1) is 39.0. The van der Waals surface area contributed by atoms with Crippen molar-refractivity contribution in [2.75, 3.05) is 4.90 Å². The van der Waals surface area contributed by atoms with Crippen LogP contribution in [0.15, 0.2) is 237 Å². The van der Waals surface area contributed by atoms with Gasteiger partial charge in [-0.2, -0.15) is 0 Å². The maximum absolute atomic E-state index is 6.84. The molecule has 3 aliphatic rings. The van der Waals surface area contributed by atoms with Crippen molar-refractivity contribution in [3.8, 4) is 67.5 Å². The van der Waals surface area contributed by atoms with Crippen molar-refractivity contribution in [3.63, 3.8) is 0 Å². The molecule has 0 spiro atoms. The fourth-order valence-corrected chi connectivity index (χ4v) is 11.3. The fraction of sp³-hybridized carbons (Fsp3) is 0.0625. The molecule has 3 nitrogen and oxygen atoms in total. The quantitative estimate of drug-likeness (QED) is 0.159. The number of para-hydroxylation sites is 2. The van der Waals surface area contributed by atoms with Gasteiger partial charge in [0.2, 0.25) is 0 Å². The van der Waals surface area contributed by atoms with Gasteiger partial charge in [0, 0.05) is 28.0 Å². The van der Waals surface area contributed by atoms with E-state index in [1.807, 2.05) is 24.3 Å². The standard InChI is InChI=1S/C64H45NO2/c1-63(2)54-21-11-9-19-51(54)53-41-50(37-38-55(53)63)65(48-33-27-45(28-34-48)43-17-7-4-8-18-43)49-35-31-47(32-36-49)64(46-29-25-44(26-30-46)42-15-5-3-6-16-42)56-22-12-10-20-52(56)61-57(64)39-40-60-62(61)67-59-24-14-13-23-58(59)66-60/h3-41H,1-2H3. The summed E-state index contributed by atoms with van der Waals surface area (Å²) < 4.78 is 13.4. The Morgan fingerprint density at radius 1 is 0.328 bits per heavy atom. The largest absolute Gasteiger partial charge is 0.449 e. The maximum atomic E-state index is 6.84. The highest BCUT2D eigenvalue weighted by Gasteiger charge is 2.48. The van der Waals surface area contributed by atoms with Crippen molar-refractivity contribution < 1.29 is 9.47 Å². The van der Waals surface area contributed by atoms with Gasteiger partial charge in [-0.15, -0.1) is 0 Å². The third-order valence-corrected chi connectivity index (χ3v) is 14.4. The molecule has 13 rings (SSSR count). The summed E-state index contributed by atoms with van der Waals surface area (Å²) in [6.07, 6.45) is 0. The van der Waals surface area contributed by atoms with Crippen LogP contribution in [0.25, 0.3) is 44.5 Å². The summed E-state index contributed by atoms with van der Waals surface area (Å²) in [5.74, 6) is 2.89. The van der Waals surface area contributed by atoms with E-state index in [-0.39, 0.29) is 5.41 Å². The van der Waals surface area contributed by atoms with E-state index in [9.17, 15) is 0 Å². The zero-order valence-electron chi connectivity index (χ0n) is 37.3. The van der Waals surface area contributed by atoms with Gasteiger partial charge in [0.1, 0.15) is 0 Å². The highest BCUT2D eigenvalue weighted by atomic mass is 16.6. The van der Waals surface area contributed by atoms with E-state index in [1.54, 1.807) is 0 Å². The van der Waals surface area contributed by atoms with E-state index in [4.69, 9.17) is 9.47 Å². The first-order chi connectivity index (χ1) is 33.0. The van der Waals surface area contributed by atoms with Gasteiger partial charge in [0.25, 0.3) is 0 Å². The Hall–Kier alpha value is -8.40. The van der Waals surface area contributed by atoms with Crippen LogP contribution in [0, 0.1) is 0 Å². The van der Waals surface area contributed by atoms with Crippen LogP contribution in [0.3, 0.4) is 0 Å². The van der Waals surface area contributed by atoms with Gasteiger partial charge >= 0.3 is 0 Å². The maximum Gasteiger partial charge on any atom is 0.178 e. The normalized spacial score (nSPS) is 15.4. The van der Waals surface area contributed by atoms with E-state index in [0.717, 1.165) is 50.8 Å². The van der Waals surface area contributed by atoms with E-state index in [0.29, 0.717) is 11.5 Å². The lowest BCUT2D eigenvalue weighted by molar-refractivity contribution is 0.360. The lowest BCUT2D eigenvalue weighted by Crippen LogP contribution is -2.28. The number of hydrogen-bond acceptors (Lipinski definition) is 3.